The summed E-state index contributed by atoms with van der Waals surface area (Å²) in [5.74, 6) is -0.164. The second kappa shape index (κ2) is 5.27. The summed E-state index contributed by atoms with van der Waals surface area (Å²) >= 11 is 0.891. The van der Waals surface area contributed by atoms with E-state index in [4.69, 9.17) is 10.7 Å². The first-order valence-electron chi connectivity index (χ1n) is 6.34. The summed E-state index contributed by atoms with van der Waals surface area (Å²) in [7, 11) is 1.50. The number of hydrogen-bond donors (Lipinski definition) is 1. The van der Waals surface area contributed by atoms with Gasteiger partial charge in [0.25, 0.3) is 9.05 Å². The Balaban J connectivity index is 2.17. The molecule has 1 aromatic rings. The van der Waals surface area contributed by atoms with Crippen LogP contribution in [-0.2, 0) is 13.8 Å². The molecule has 1 aliphatic carbocycles. The number of rotatable bonds is 3. The van der Waals surface area contributed by atoms with Gasteiger partial charge >= 0.3 is 0 Å². The third-order valence-corrected chi connectivity index (χ3v) is 7.03. The van der Waals surface area contributed by atoms with Crippen LogP contribution in [0.1, 0.15) is 38.8 Å². The van der Waals surface area contributed by atoms with E-state index in [1.54, 1.807) is 6.92 Å². The van der Waals surface area contributed by atoms with E-state index in [1.165, 1.54) is 0 Å². The molecule has 0 bridgehead atoms. The van der Waals surface area contributed by atoms with Crippen LogP contribution < -0.4 is 5.32 Å². The number of nitrogens with zero attached hydrogens (tertiary/aromatic N) is 1. The lowest BCUT2D eigenvalue weighted by Gasteiger charge is -2.25. The van der Waals surface area contributed by atoms with Gasteiger partial charge < -0.3 is 5.32 Å². The molecule has 1 heterocycles. The van der Waals surface area contributed by atoms with E-state index in [0.717, 1.165) is 30.6 Å². The van der Waals surface area contributed by atoms with E-state index in [1.807, 2.05) is 0 Å². The van der Waals surface area contributed by atoms with Crippen LogP contribution in [0.25, 0.3) is 0 Å². The van der Waals surface area contributed by atoms with Crippen molar-refractivity contribution in [3.63, 3.8) is 0 Å². The lowest BCUT2D eigenvalue weighted by molar-refractivity contribution is -0.122. The molecule has 1 aliphatic rings. The molecule has 0 aliphatic heterocycles. The summed E-state index contributed by atoms with van der Waals surface area (Å²) in [4.78, 5) is 16.3. The quantitative estimate of drug-likeness (QED) is 0.860. The van der Waals surface area contributed by atoms with Gasteiger partial charge in [-0.1, -0.05) is 31.6 Å². The molecule has 1 atom stereocenters. The molecule has 0 spiro atoms. The van der Waals surface area contributed by atoms with E-state index in [0.29, 0.717) is 5.69 Å². The van der Waals surface area contributed by atoms with Gasteiger partial charge in [0.1, 0.15) is 0 Å². The number of hydrogen-bond acceptors (Lipinski definition) is 5. The van der Waals surface area contributed by atoms with Crippen LogP contribution in [0.3, 0.4) is 0 Å². The van der Waals surface area contributed by atoms with Crippen molar-refractivity contribution in [2.24, 2.45) is 11.3 Å². The number of halogens is 1. The van der Waals surface area contributed by atoms with Gasteiger partial charge in [-0.3, -0.25) is 4.79 Å². The zero-order valence-electron chi connectivity index (χ0n) is 11.6. The molecule has 1 amide bonds. The highest BCUT2D eigenvalue weighted by Crippen LogP contribution is 2.43. The molecular formula is C12H17ClN2O3S2. The van der Waals surface area contributed by atoms with Crippen molar-refractivity contribution in [3.05, 3.63) is 5.69 Å². The van der Waals surface area contributed by atoms with Crippen molar-refractivity contribution in [3.8, 4) is 0 Å². The lowest BCUT2D eigenvalue weighted by atomic mass is 9.81. The maximum atomic E-state index is 12.3. The SMILES string of the molecule is Cc1nc(NC(=O)C2CCCC2(C)C)sc1S(=O)(=O)Cl. The summed E-state index contributed by atoms with van der Waals surface area (Å²) in [6, 6.07) is 0. The molecule has 1 unspecified atom stereocenters. The minimum atomic E-state index is -3.81. The number of anilines is 1. The maximum Gasteiger partial charge on any atom is 0.272 e. The highest BCUT2D eigenvalue weighted by Gasteiger charge is 2.39. The fourth-order valence-electron chi connectivity index (χ4n) is 2.67. The van der Waals surface area contributed by atoms with Crippen molar-refractivity contribution in [2.45, 2.75) is 44.2 Å². The van der Waals surface area contributed by atoms with Gasteiger partial charge in [0.15, 0.2) is 9.34 Å². The molecule has 0 radical (unpaired) electrons. The Hall–Kier alpha value is -0.660. The first-order chi connectivity index (χ1) is 9.11. The van der Waals surface area contributed by atoms with Crippen molar-refractivity contribution in [2.75, 3.05) is 5.32 Å². The van der Waals surface area contributed by atoms with Crippen molar-refractivity contribution in [1.82, 2.24) is 4.98 Å². The van der Waals surface area contributed by atoms with E-state index in [2.05, 4.69) is 24.1 Å². The van der Waals surface area contributed by atoms with Crippen LogP contribution in [0.15, 0.2) is 4.21 Å². The smallest absolute Gasteiger partial charge is 0.272 e. The topological polar surface area (TPSA) is 76.1 Å². The Labute approximate surface area is 127 Å². The van der Waals surface area contributed by atoms with Gasteiger partial charge in [-0.05, 0) is 25.2 Å². The normalized spacial score (nSPS) is 21.9. The average Bonchev–Trinajstić information content (AvgIpc) is 2.80. The van der Waals surface area contributed by atoms with Gasteiger partial charge in [0, 0.05) is 16.6 Å². The molecule has 1 aromatic heterocycles. The first-order valence-corrected chi connectivity index (χ1v) is 9.47. The molecular weight excluding hydrogens is 320 g/mol. The number of aryl methyl sites for hydroxylation is 1. The fraction of sp³-hybridized carbons (Fsp3) is 0.667. The summed E-state index contributed by atoms with van der Waals surface area (Å²) < 4.78 is 22.7. The van der Waals surface area contributed by atoms with Crippen LogP contribution >= 0.6 is 22.0 Å². The van der Waals surface area contributed by atoms with Crippen molar-refractivity contribution in [1.29, 1.82) is 0 Å². The van der Waals surface area contributed by atoms with E-state index in [9.17, 15) is 13.2 Å². The Morgan fingerprint density at radius 1 is 1.50 bits per heavy atom. The Bertz CT molecular complexity index is 637. The molecule has 8 heteroatoms. The highest BCUT2D eigenvalue weighted by atomic mass is 35.7. The average molecular weight is 337 g/mol. The standard InChI is InChI=1S/C12H17ClN2O3S2/c1-7-10(20(13,17)18)19-11(14-7)15-9(16)8-5-4-6-12(8,2)3/h8H,4-6H2,1-3H3,(H,14,15,16). The number of thiazole rings is 1. The van der Waals surface area contributed by atoms with E-state index >= 15 is 0 Å². The summed E-state index contributed by atoms with van der Waals surface area (Å²) in [5.41, 5.74) is 0.281. The number of aromatic nitrogens is 1. The van der Waals surface area contributed by atoms with E-state index < -0.39 is 9.05 Å². The molecule has 1 N–H and O–H groups in total. The highest BCUT2D eigenvalue weighted by molar-refractivity contribution is 8.15. The molecule has 5 nitrogen and oxygen atoms in total. The first kappa shape index (κ1) is 15.7. The molecule has 1 fully saturated rings. The minimum absolute atomic E-state index is 0.0138. The molecule has 20 heavy (non-hydrogen) atoms. The number of carbonyl (C=O) groups excluding carboxylic acids is 1. The summed E-state index contributed by atoms with van der Waals surface area (Å²) in [6.07, 6.45) is 2.90. The van der Waals surface area contributed by atoms with Gasteiger partial charge in [-0.25, -0.2) is 13.4 Å². The van der Waals surface area contributed by atoms with Crippen LogP contribution in [0.5, 0.6) is 0 Å². The predicted molar refractivity (Wildman–Crippen MR) is 79.6 cm³/mol. The molecule has 112 valence electrons. The van der Waals surface area contributed by atoms with E-state index in [-0.39, 0.29) is 26.6 Å². The molecule has 0 aromatic carbocycles. The molecule has 1 saturated carbocycles. The molecule has 2 rings (SSSR count). The van der Waals surface area contributed by atoms with Gasteiger partial charge in [-0.2, -0.15) is 0 Å². The second-order valence-electron chi connectivity index (χ2n) is 5.75. The van der Waals surface area contributed by atoms with Gasteiger partial charge in [0.2, 0.25) is 5.91 Å². The second-order valence-corrected chi connectivity index (χ2v) is 9.51. The van der Waals surface area contributed by atoms with Crippen molar-refractivity contribution >= 4 is 42.1 Å². The third kappa shape index (κ3) is 3.15. The predicted octanol–water partition coefficient (Wildman–Crippen LogP) is 3.14. The molecule has 0 saturated heterocycles. The largest absolute Gasteiger partial charge is 0.302 e. The number of nitrogens with one attached hydrogen (secondary N) is 1. The Morgan fingerprint density at radius 2 is 2.15 bits per heavy atom. The Morgan fingerprint density at radius 3 is 2.60 bits per heavy atom. The third-order valence-electron chi connectivity index (χ3n) is 3.78. The van der Waals surface area contributed by atoms with Crippen LogP contribution in [0, 0.1) is 18.3 Å². The van der Waals surface area contributed by atoms with Crippen molar-refractivity contribution < 1.29 is 13.2 Å². The maximum absolute atomic E-state index is 12.3. The van der Waals surface area contributed by atoms with Crippen LogP contribution in [0.4, 0.5) is 5.13 Å². The lowest BCUT2D eigenvalue weighted by Crippen LogP contribution is -2.30. The van der Waals surface area contributed by atoms with Crippen LogP contribution in [-0.4, -0.2) is 19.3 Å². The van der Waals surface area contributed by atoms with Gasteiger partial charge in [-0.15, -0.1) is 0 Å². The summed E-state index contributed by atoms with van der Waals surface area (Å²) in [5, 5.41) is 3.00. The zero-order valence-corrected chi connectivity index (χ0v) is 14.0. The van der Waals surface area contributed by atoms with Gasteiger partial charge in [0.05, 0.1) is 5.69 Å². The Kier molecular flexibility index (Phi) is 4.15. The monoisotopic (exact) mass is 336 g/mol. The number of carbonyl (C=O) groups is 1. The van der Waals surface area contributed by atoms with Crippen LogP contribution in [0.2, 0.25) is 0 Å². The minimum Gasteiger partial charge on any atom is -0.302 e. The zero-order chi connectivity index (χ0) is 15.1. The fourth-order valence-corrected chi connectivity index (χ4v) is 5.02. The summed E-state index contributed by atoms with van der Waals surface area (Å²) in [6.45, 7) is 5.71. The number of amides is 1.